The zero-order valence-corrected chi connectivity index (χ0v) is 9.90. The summed E-state index contributed by atoms with van der Waals surface area (Å²) in [6.45, 7) is 7.20. The molecule has 1 unspecified atom stereocenters. The van der Waals surface area contributed by atoms with Gasteiger partial charge in [0.2, 0.25) is 0 Å². The summed E-state index contributed by atoms with van der Waals surface area (Å²) in [5.41, 5.74) is 5.79. The number of hydrogen-bond donors (Lipinski definition) is 2. The highest BCUT2D eigenvalue weighted by Crippen LogP contribution is 2.21. The van der Waals surface area contributed by atoms with Crippen molar-refractivity contribution >= 4 is 11.3 Å². The van der Waals surface area contributed by atoms with E-state index in [1.165, 1.54) is 0 Å². The van der Waals surface area contributed by atoms with Crippen LogP contribution in [0.2, 0.25) is 0 Å². The molecule has 0 aliphatic carbocycles. The van der Waals surface area contributed by atoms with Gasteiger partial charge in [-0.3, -0.25) is 0 Å². The molecule has 80 valence electrons. The smallest absolute Gasteiger partial charge is 0.112 e. The Morgan fingerprint density at radius 1 is 1.64 bits per heavy atom. The van der Waals surface area contributed by atoms with Crippen LogP contribution in [0.3, 0.4) is 0 Å². The summed E-state index contributed by atoms with van der Waals surface area (Å²) in [4.78, 5) is 4.31. The van der Waals surface area contributed by atoms with Crippen molar-refractivity contribution in [2.24, 2.45) is 5.73 Å². The summed E-state index contributed by atoms with van der Waals surface area (Å²) in [5.74, 6) is 0. The number of nitrogens with two attached hydrogens (primary N) is 1. The summed E-state index contributed by atoms with van der Waals surface area (Å²) in [6, 6.07) is 0.231. The molecule has 3 nitrogen and oxygen atoms in total. The Labute approximate surface area is 89.7 Å². The Morgan fingerprint density at radius 3 is 2.86 bits per heavy atom. The van der Waals surface area contributed by atoms with Crippen LogP contribution >= 0.6 is 11.3 Å². The number of rotatable bonds is 5. The highest BCUT2D eigenvalue weighted by Gasteiger charge is 2.22. The van der Waals surface area contributed by atoms with Crippen molar-refractivity contribution < 1.29 is 0 Å². The third-order valence-corrected chi connectivity index (χ3v) is 3.39. The van der Waals surface area contributed by atoms with Gasteiger partial charge in [-0.05, 0) is 20.3 Å². The lowest BCUT2D eigenvalue weighted by molar-refractivity contribution is 0.381. The summed E-state index contributed by atoms with van der Waals surface area (Å²) >= 11 is 1.67. The second kappa shape index (κ2) is 4.87. The fraction of sp³-hybridized carbons (Fsp3) is 0.700. The van der Waals surface area contributed by atoms with Gasteiger partial charge < -0.3 is 11.1 Å². The highest BCUT2D eigenvalue weighted by molar-refractivity contribution is 7.09. The first-order valence-electron chi connectivity index (χ1n) is 4.97. The fourth-order valence-electron chi connectivity index (χ4n) is 1.14. The average Bonchev–Trinajstić information content (AvgIpc) is 2.67. The van der Waals surface area contributed by atoms with Crippen LogP contribution in [0.1, 0.15) is 32.2 Å². The summed E-state index contributed by atoms with van der Waals surface area (Å²) in [5, 5.41) is 6.55. The van der Waals surface area contributed by atoms with Crippen molar-refractivity contribution in [2.75, 3.05) is 6.54 Å². The molecule has 1 atom stereocenters. The molecule has 0 amide bonds. The summed E-state index contributed by atoms with van der Waals surface area (Å²) < 4.78 is 0. The minimum absolute atomic E-state index is 0.0685. The van der Waals surface area contributed by atoms with Gasteiger partial charge in [-0.25, -0.2) is 4.98 Å². The van der Waals surface area contributed by atoms with E-state index in [0.717, 1.165) is 18.0 Å². The van der Waals surface area contributed by atoms with Gasteiger partial charge >= 0.3 is 0 Å². The van der Waals surface area contributed by atoms with E-state index in [4.69, 9.17) is 5.73 Å². The molecule has 0 aromatic carbocycles. The van der Waals surface area contributed by atoms with Crippen molar-refractivity contribution in [2.45, 2.75) is 38.8 Å². The van der Waals surface area contributed by atoms with Gasteiger partial charge in [-0.1, -0.05) is 6.92 Å². The predicted molar refractivity (Wildman–Crippen MR) is 61.4 cm³/mol. The Balaban J connectivity index is 2.50. The van der Waals surface area contributed by atoms with E-state index in [0.29, 0.717) is 0 Å². The third kappa shape index (κ3) is 3.04. The van der Waals surface area contributed by atoms with Gasteiger partial charge in [-0.2, -0.15) is 0 Å². The molecular formula is C10H19N3S. The number of nitrogens with zero attached hydrogens (tertiary/aromatic N) is 1. The molecule has 3 N–H and O–H groups in total. The maximum absolute atomic E-state index is 5.85. The zero-order valence-electron chi connectivity index (χ0n) is 9.08. The topological polar surface area (TPSA) is 50.9 Å². The molecule has 14 heavy (non-hydrogen) atoms. The molecule has 0 aliphatic heterocycles. The first kappa shape index (κ1) is 11.6. The van der Waals surface area contributed by atoms with Gasteiger partial charge in [0.1, 0.15) is 5.01 Å². The van der Waals surface area contributed by atoms with Crippen molar-refractivity contribution in [3.05, 3.63) is 16.6 Å². The summed E-state index contributed by atoms with van der Waals surface area (Å²) in [6.07, 6.45) is 2.84. The monoisotopic (exact) mass is 213 g/mol. The van der Waals surface area contributed by atoms with Crippen LogP contribution in [0.25, 0.3) is 0 Å². The van der Waals surface area contributed by atoms with Gasteiger partial charge in [0.15, 0.2) is 0 Å². The van der Waals surface area contributed by atoms with Crippen molar-refractivity contribution in [3.63, 3.8) is 0 Å². The van der Waals surface area contributed by atoms with Crippen LogP contribution in [-0.2, 0) is 5.54 Å². The Bertz CT molecular complexity index is 256. The molecular weight excluding hydrogens is 194 g/mol. The van der Waals surface area contributed by atoms with E-state index in [1.807, 2.05) is 11.6 Å². The normalized spacial score (nSPS) is 14.3. The number of thiazole rings is 1. The predicted octanol–water partition coefficient (Wildman–Crippen LogP) is 1.71. The van der Waals surface area contributed by atoms with Gasteiger partial charge in [0.05, 0.1) is 5.54 Å². The standard InChI is InChI=1S/C10H19N3S/c1-4-8(11)7-13-10(2,3)9-12-5-6-14-9/h5-6,8,13H,4,7,11H2,1-3H3. The molecule has 1 rings (SSSR count). The minimum atomic E-state index is -0.0685. The Morgan fingerprint density at radius 2 is 2.36 bits per heavy atom. The lowest BCUT2D eigenvalue weighted by Gasteiger charge is -2.25. The molecule has 0 saturated heterocycles. The van der Waals surface area contributed by atoms with E-state index in [-0.39, 0.29) is 11.6 Å². The Kier molecular flexibility index (Phi) is 4.04. The van der Waals surface area contributed by atoms with E-state index in [1.54, 1.807) is 11.3 Å². The highest BCUT2D eigenvalue weighted by atomic mass is 32.1. The van der Waals surface area contributed by atoms with E-state index >= 15 is 0 Å². The Hall–Kier alpha value is -0.450. The number of nitrogens with one attached hydrogen (secondary N) is 1. The molecule has 1 heterocycles. The lowest BCUT2D eigenvalue weighted by Crippen LogP contribution is -2.43. The molecule has 0 spiro atoms. The fourth-order valence-corrected chi connectivity index (χ4v) is 1.88. The van der Waals surface area contributed by atoms with Crippen LogP contribution in [-0.4, -0.2) is 17.6 Å². The van der Waals surface area contributed by atoms with Crippen molar-refractivity contribution in [1.82, 2.24) is 10.3 Å². The van der Waals surface area contributed by atoms with E-state index in [9.17, 15) is 0 Å². The van der Waals surface area contributed by atoms with Crippen LogP contribution in [0, 0.1) is 0 Å². The second-order valence-corrected chi connectivity index (χ2v) is 4.91. The molecule has 0 saturated carbocycles. The van der Waals surface area contributed by atoms with Crippen LogP contribution in [0.15, 0.2) is 11.6 Å². The molecule has 4 heteroatoms. The van der Waals surface area contributed by atoms with Crippen LogP contribution in [0.5, 0.6) is 0 Å². The number of hydrogen-bond acceptors (Lipinski definition) is 4. The zero-order chi connectivity index (χ0) is 10.6. The van der Waals surface area contributed by atoms with Gasteiger partial charge in [0, 0.05) is 24.2 Å². The molecule has 0 aliphatic rings. The SMILES string of the molecule is CCC(N)CNC(C)(C)c1nccs1. The maximum Gasteiger partial charge on any atom is 0.112 e. The van der Waals surface area contributed by atoms with Crippen molar-refractivity contribution in [1.29, 1.82) is 0 Å². The second-order valence-electron chi connectivity index (χ2n) is 4.01. The summed E-state index contributed by atoms with van der Waals surface area (Å²) in [7, 11) is 0. The van der Waals surface area contributed by atoms with E-state index < -0.39 is 0 Å². The maximum atomic E-state index is 5.85. The van der Waals surface area contributed by atoms with Gasteiger partial charge in [-0.15, -0.1) is 11.3 Å². The van der Waals surface area contributed by atoms with Crippen LogP contribution in [0.4, 0.5) is 0 Å². The largest absolute Gasteiger partial charge is 0.327 e. The van der Waals surface area contributed by atoms with Crippen molar-refractivity contribution in [3.8, 4) is 0 Å². The van der Waals surface area contributed by atoms with Gasteiger partial charge in [0.25, 0.3) is 0 Å². The quantitative estimate of drug-likeness (QED) is 0.783. The molecule has 0 radical (unpaired) electrons. The van der Waals surface area contributed by atoms with E-state index in [2.05, 4.69) is 31.1 Å². The molecule has 1 aromatic rings. The number of aromatic nitrogens is 1. The molecule has 1 aromatic heterocycles. The average molecular weight is 213 g/mol. The first-order chi connectivity index (χ1) is 6.56. The molecule has 0 fully saturated rings. The first-order valence-corrected chi connectivity index (χ1v) is 5.85. The minimum Gasteiger partial charge on any atom is -0.327 e. The van der Waals surface area contributed by atoms with Crippen LogP contribution < -0.4 is 11.1 Å². The lowest BCUT2D eigenvalue weighted by atomic mass is 10.1. The molecule has 0 bridgehead atoms. The third-order valence-electron chi connectivity index (χ3n) is 2.30.